The van der Waals surface area contributed by atoms with Gasteiger partial charge in [0.15, 0.2) is 0 Å². The molecule has 2 aliphatic carbocycles. The Morgan fingerprint density at radius 2 is 1.08 bits per heavy atom. The molecular formula is C47H41N. The number of benzene rings is 7. The maximum atomic E-state index is 2.55. The van der Waals surface area contributed by atoms with Crippen molar-refractivity contribution in [3.05, 3.63) is 162 Å². The van der Waals surface area contributed by atoms with Gasteiger partial charge < -0.3 is 4.90 Å². The number of hydrogen-bond donors (Lipinski definition) is 0. The Morgan fingerprint density at radius 1 is 0.479 bits per heavy atom. The zero-order valence-electron chi connectivity index (χ0n) is 27.9. The van der Waals surface area contributed by atoms with Crippen molar-refractivity contribution >= 4 is 38.6 Å². The molecule has 7 aromatic rings. The molecule has 0 N–H and O–H groups in total. The monoisotopic (exact) mass is 619 g/mol. The van der Waals surface area contributed by atoms with Crippen molar-refractivity contribution in [1.82, 2.24) is 0 Å². The number of hydrogen-bond acceptors (Lipinski definition) is 1. The molecule has 9 rings (SSSR count). The molecule has 0 aromatic heterocycles. The van der Waals surface area contributed by atoms with E-state index in [1.165, 1.54) is 110 Å². The van der Waals surface area contributed by atoms with Gasteiger partial charge in [-0.05, 0) is 92.6 Å². The van der Waals surface area contributed by atoms with E-state index in [1.54, 1.807) is 0 Å². The molecule has 1 nitrogen and oxygen atoms in total. The van der Waals surface area contributed by atoms with Crippen molar-refractivity contribution < 1.29 is 0 Å². The van der Waals surface area contributed by atoms with Crippen molar-refractivity contribution in [1.29, 1.82) is 0 Å². The fourth-order valence-electron chi connectivity index (χ4n) is 8.74. The van der Waals surface area contributed by atoms with Crippen LogP contribution in [0.4, 0.5) is 17.1 Å². The molecule has 1 saturated carbocycles. The van der Waals surface area contributed by atoms with Crippen LogP contribution in [0.15, 0.2) is 146 Å². The summed E-state index contributed by atoms with van der Waals surface area (Å²) < 4.78 is 0. The highest BCUT2D eigenvalue weighted by molar-refractivity contribution is 6.10. The van der Waals surface area contributed by atoms with E-state index in [2.05, 4.69) is 164 Å². The number of rotatable bonds is 5. The van der Waals surface area contributed by atoms with Gasteiger partial charge in [-0.15, -0.1) is 0 Å². The molecule has 0 spiro atoms. The van der Waals surface area contributed by atoms with Crippen LogP contribution in [0.1, 0.15) is 68.6 Å². The Labute approximate surface area is 284 Å². The van der Waals surface area contributed by atoms with Gasteiger partial charge in [0, 0.05) is 27.7 Å². The minimum atomic E-state index is -0.0876. The van der Waals surface area contributed by atoms with E-state index in [4.69, 9.17) is 0 Å². The predicted molar refractivity (Wildman–Crippen MR) is 205 cm³/mol. The molecule has 48 heavy (non-hydrogen) atoms. The fourth-order valence-corrected chi connectivity index (χ4v) is 8.74. The largest absolute Gasteiger partial charge is 0.309 e. The second-order valence-corrected chi connectivity index (χ2v) is 14.4. The summed E-state index contributed by atoms with van der Waals surface area (Å²) in [5.74, 6) is 0.671. The summed E-state index contributed by atoms with van der Waals surface area (Å²) in [4.78, 5) is 2.55. The normalized spacial score (nSPS) is 15.4. The van der Waals surface area contributed by atoms with Gasteiger partial charge in [0.05, 0.1) is 5.69 Å². The highest BCUT2D eigenvalue weighted by Crippen LogP contribution is 2.52. The lowest BCUT2D eigenvalue weighted by molar-refractivity contribution is 0.443. The van der Waals surface area contributed by atoms with Crippen LogP contribution in [0, 0.1) is 0 Å². The highest BCUT2D eigenvalue weighted by Gasteiger charge is 2.36. The van der Waals surface area contributed by atoms with Gasteiger partial charge in [0.25, 0.3) is 0 Å². The highest BCUT2D eigenvalue weighted by atomic mass is 15.1. The number of nitrogens with zero attached hydrogens (tertiary/aromatic N) is 1. The van der Waals surface area contributed by atoms with Crippen LogP contribution < -0.4 is 4.90 Å². The average Bonchev–Trinajstić information content (AvgIpc) is 3.38. The summed E-state index contributed by atoms with van der Waals surface area (Å²) in [6.45, 7) is 4.76. The van der Waals surface area contributed by atoms with Gasteiger partial charge in [-0.25, -0.2) is 0 Å². The minimum absolute atomic E-state index is 0.0876. The van der Waals surface area contributed by atoms with Crippen LogP contribution in [-0.4, -0.2) is 0 Å². The summed E-state index contributed by atoms with van der Waals surface area (Å²) in [5, 5.41) is 5.03. The third-order valence-corrected chi connectivity index (χ3v) is 11.3. The van der Waals surface area contributed by atoms with Gasteiger partial charge >= 0.3 is 0 Å². The van der Waals surface area contributed by atoms with E-state index in [0.717, 1.165) is 0 Å². The zero-order valence-corrected chi connectivity index (χ0v) is 27.9. The summed E-state index contributed by atoms with van der Waals surface area (Å²) in [6.07, 6.45) is 6.67. The predicted octanol–water partition coefficient (Wildman–Crippen LogP) is 13.5. The van der Waals surface area contributed by atoms with Crippen LogP contribution in [0.5, 0.6) is 0 Å². The lowest BCUT2D eigenvalue weighted by Crippen LogP contribution is -2.17. The van der Waals surface area contributed by atoms with Gasteiger partial charge in [-0.3, -0.25) is 0 Å². The summed E-state index contributed by atoms with van der Waals surface area (Å²) in [7, 11) is 0. The van der Waals surface area contributed by atoms with E-state index in [1.807, 2.05) is 0 Å². The van der Waals surface area contributed by atoms with E-state index >= 15 is 0 Å². The molecule has 0 heterocycles. The summed E-state index contributed by atoms with van der Waals surface area (Å²) in [6, 6.07) is 54.7. The number of fused-ring (bicyclic) bond motifs is 5. The van der Waals surface area contributed by atoms with Gasteiger partial charge in [0.2, 0.25) is 0 Å². The Balaban J connectivity index is 1.31. The summed E-state index contributed by atoms with van der Waals surface area (Å²) in [5.41, 5.74) is 13.0. The standard InChI is InChI=1S/C47H41N/c1-47(2)44-22-11-10-20-41(44)42-30-28-37(31-45(42)47)48(36-26-23-33(24-27-36)32-13-4-3-5-14-32)46-39-19-9-7-16-35(39)25-29-43(46)40-21-12-17-34-15-6-8-18-38(34)40/h6-12,15-32H,3-5,13-14H2,1-2H3. The molecule has 1 fully saturated rings. The second kappa shape index (κ2) is 11.5. The molecule has 0 unspecified atom stereocenters. The molecule has 0 aliphatic heterocycles. The smallest absolute Gasteiger partial charge is 0.0618 e. The maximum absolute atomic E-state index is 2.55. The molecule has 0 saturated heterocycles. The molecule has 0 bridgehead atoms. The van der Waals surface area contributed by atoms with Gasteiger partial charge in [0.1, 0.15) is 0 Å². The number of anilines is 3. The fraction of sp³-hybridized carbons (Fsp3) is 0.191. The Hall–Kier alpha value is -5.14. The Morgan fingerprint density at radius 3 is 1.90 bits per heavy atom. The molecule has 234 valence electrons. The van der Waals surface area contributed by atoms with Crippen molar-refractivity contribution in [2.75, 3.05) is 4.90 Å². The molecule has 0 radical (unpaired) electrons. The molecule has 0 atom stereocenters. The van der Waals surface area contributed by atoms with E-state index in [-0.39, 0.29) is 5.41 Å². The third-order valence-electron chi connectivity index (χ3n) is 11.3. The first-order valence-electron chi connectivity index (χ1n) is 17.7. The SMILES string of the molecule is CC1(C)c2ccccc2-c2ccc(N(c3ccc(C4CCCCC4)cc3)c3c(-c4cccc5ccccc45)ccc4ccccc34)cc21. The second-order valence-electron chi connectivity index (χ2n) is 14.4. The topological polar surface area (TPSA) is 3.24 Å². The van der Waals surface area contributed by atoms with Crippen LogP contribution >= 0.6 is 0 Å². The minimum Gasteiger partial charge on any atom is -0.309 e. The zero-order chi connectivity index (χ0) is 32.2. The van der Waals surface area contributed by atoms with E-state index in [9.17, 15) is 0 Å². The summed E-state index contributed by atoms with van der Waals surface area (Å²) >= 11 is 0. The Bertz CT molecular complexity index is 2300. The van der Waals surface area contributed by atoms with Crippen LogP contribution in [0.25, 0.3) is 43.8 Å². The third kappa shape index (κ3) is 4.67. The molecular weight excluding hydrogens is 579 g/mol. The van der Waals surface area contributed by atoms with Gasteiger partial charge in [-0.1, -0.05) is 154 Å². The lowest BCUT2D eigenvalue weighted by atomic mass is 9.82. The van der Waals surface area contributed by atoms with Crippen molar-refractivity contribution in [2.24, 2.45) is 0 Å². The quantitative estimate of drug-likeness (QED) is 0.185. The van der Waals surface area contributed by atoms with Crippen LogP contribution in [0.3, 0.4) is 0 Å². The molecule has 1 heteroatoms. The van der Waals surface area contributed by atoms with Crippen molar-refractivity contribution in [3.8, 4) is 22.3 Å². The van der Waals surface area contributed by atoms with Crippen LogP contribution in [-0.2, 0) is 5.41 Å². The van der Waals surface area contributed by atoms with E-state index < -0.39 is 0 Å². The van der Waals surface area contributed by atoms with Crippen molar-refractivity contribution in [3.63, 3.8) is 0 Å². The first-order valence-corrected chi connectivity index (χ1v) is 17.7. The van der Waals surface area contributed by atoms with E-state index in [0.29, 0.717) is 5.92 Å². The first kappa shape index (κ1) is 29.0. The first-order chi connectivity index (χ1) is 23.6. The lowest BCUT2D eigenvalue weighted by Gasteiger charge is -2.31. The molecule has 0 amide bonds. The van der Waals surface area contributed by atoms with Gasteiger partial charge in [-0.2, -0.15) is 0 Å². The Kier molecular flexibility index (Phi) is 6.97. The van der Waals surface area contributed by atoms with Crippen molar-refractivity contribution in [2.45, 2.75) is 57.3 Å². The maximum Gasteiger partial charge on any atom is 0.0618 e. The average molecular weight is 620 g/mol. The molecule has 2 aliphatic rings. The molecule has 7 aromatic carbocycles. The van der Waals surface area contributed by atoms with Crippen LogP contribution in [0.2, 0.25) is 0 Å².